The predicted octanol–water partition coefficient (Wildman–Crippen LogP) is 20.6. The van der Waals surface area contributed by atoms with E-state index in [0.717, 1.165) is 44.5 Å². The van der Waals surface area contributed by atoms with E-state index in [-0.39, 0.29) is 25.7 Å². The van der Waals surface area contributed by atoms with Gasteiger partial charge in [-0.15, -0.1) is 0 Å². The molecular formula is C84H86Si3. The van der Waals surface area contributed by atoms with Gasteiger partial charge in [0.2, 0.25) is 0 Å². The molecule has 0 nitrogen and oxygen atoms in total. The van der Waals surface area contributed by atoms with Crippen molar-refractivity contribution in [3.63, 3.8) is 0 Å². The van der Waals surface area contributed by atoms with Crippen LogP contribution in [0, 0.1) is 54.3 Å². The molecule has 0 aliphatic carbocycles. The van der Waals surface area contributed by atoms with Crippen LogP contribution < -0.4 is 15.6 Å². The summed E-state index contributed by atoms with van der Waals surface area (Å²) in [7, 11) is -5.09. The van der Waals surface area contributed by atoms with Gasteiger partial charge >= 0.3 is 0 Å². The van der Waals surface area contributed by atoms with Gasteiger partial charge in [0, 0.05) is 44.5 Å². The molecule has 0 amide bonds. The Bertz CT molecular complexity index is 4640. The van der Waals surface area contributed by atoms with Gasteiger partial charge in [-0.05, 0) is 172 Å². The van der Waals surface area contributed by atoms with Gasteiger partial charge in [0.05, 0.1) is 24.2 Å². The van der Waals surface area contributed by atoms with Gasteiger partial charge < -0.3 is 0 Å². The second kappa shape index (κ2) is 24.1. The first-order chi connectivity index (χ1) is 40.2. The van der Waals surface area contributed by atoms with E-state index in [1.807, 2.05) is 36.4 Å². The molecule has 87 heavy (non-hydrogen) atoms. The van der Waals surface area contributed by atoms with Crippen LogP contribution in [0.5, 0.6) is 0 Å². The minimum absolute atomic E-state index is 0. The second-order valence-electron chi connectivity index (χ2n) is 28.4. The lowest BCUT2D eigenvalue weighted by Crippen LogP contribution is -2.39. The molecule has 0 aliphatic heterocycles. The standard InChI is InChI=1S/C46H50Si2.C36H28Si.2CH4/c1-45(2,3)35-21-15-31(16-22-35)13-19-33-29-41(47(7,8)9)39-27-28-40-42(48(10,11)12)30-34(38-26-25-37(33)43(39)44(38)40)20-14-32-17-23-36(24-18-32)46(4,5)6;1-25-23-28(17-15-26-11-7-5-8-12-26)31-20-21-32-29(18-16-27-13-9-6-10-14-27)24-34(37(2,3)4)33-22-19-30(25)35(31)36(32)33;;/h15-18,21-30H,1-12H3;5-14,19-24H,1-4H3;2*1H4. The van der Waals surface area contributed by atoms with Gasteiger partial charge in [0.15, 0.2) is 0 Å². The van der Waals surface area contributed by atoms with Crippen molar-refractivity contribution in [3.05, 3.63) is 243 Å². The summed E-state index contributed by atoms with van der Waals surface area (Å²) in [6.07, 6.45) is 0. The summed E-state index contributed by atoms with van der Waals surface area (Å²) < 4.78 is 0. The van der Waals surface area contributed by atoms with Crippen molar-refractivity contribution in [1.29, 1.82) is 0 Å². The summed E-state index contributed by atoms with van der Waals surface area (Å²) in [6, 6.07) is 66.1. The lowest BCUT2D eigenvalue weighted by molar-refractivity contribution is 0.590. The molecule has 0 aromatic heterocycles. The Balaban J connectivity index is 0.000000209. The SMILES string of the molecule is C.C.CC(C)(C)c1ccc(C#Cc2cc([Si](C)(C)C)c3ccc4c([Si](C)(C)C)cc(C#Cc5ccc(C(C)(C)C)cc5)c5ccc2c3c54)cc1.Cc1cc(C#Cc2ccccc2)c2ccc3c(C#Cc4ccccc4)cc([Si](C)(C)C)c4ccc1c2c34. The van der Waals surface area contributed by atoms with Crippen LogP contribution in [0.4, 0.5) is 0 Å². The number of hydrogen-bond acceptors (Lipinski definition) is 0. The lowest BCUT2D eigenvalue weighted by Gasteiger charge is -2.26. The molecule has 0 unspecified atom stereocenters. The third kappa shape index (κ3) is 12.9. The van der Waals surface area contributed by atoms with Crippen molar-refractivity contribution in [3.8, 4) is 47.4 Å². The topological polar surface area (TPSA) is 0 Å². The first-order valence-electron chi connectivity index (χ1n) is 30.2. The Kier molecular flexibility index (Phi) is 17.5. The summed E-state index contributed by atoms with van der Waals surface area (Å²) in [6.45, 7) is 37.7. The second-order valence-corrected chi connectivity index (χ2v) is 43.6. The van der Waals surface area contributed by atoms with Gasteiger partial charge in [0.1, 0.15) is 0 Å². The highest BCUT2D eigenvalue weighted by atomic mass is 28.3. The molecule has 12 rings (SSSR count). The molecule has 3 heteroatoms. The molecule has 0 saturated carbocycles. The van der Waals surface area contributed by atoms with Crippen LogP contribution >= 0.6 is 0 Å². The summed E-state index contributed by atoms with van der Waals surface area (Å²) in [5.74, 6) is 28.2. The van der Waals surface area contributed by atoms with Crippen LogP contribution in [0.2, 0.25) is 58.9 Å². The van der Waals surface area contributed by atoms with E-state index in [4.69, 9.17) is 0 Å². The first kappa shape index (κ1) is 63.1. The van der Waals surface area contributed by atoms with Gasteiger partial charge in [-0.2, -0.15) is 0 Å². The maximum atomic E-state index is 3.66. The Morgan fingerprint density at radius 3 is 0.782 bits per heavy atom. The van der Waals surface area contributed by atoms with E-state index in [0.29, 0.717) is 0 Å². The maximum absolute atomic E-state index is 3.66. The van der Waals surface area contributed by atoms with E-state index in [9.17, 15) is 0 Å². The largest absolute Gasteiger partial charge is 0.0784 e. The fraction of sp³-hybridized carbons (Fsp3) is 0.238. The molecule has 12 aromatic carbocycles. The van der Waals surface area contributed by atoms with Crippen molar-refractivity contribution in [2.24, 2.45) is 0 Å². The quantitative estimate of drug-likeness (QED) is 0.0940. The summed E-state index contributed by atoms with van der Waals surface area (Å²) in [4.78, 5) is 0. The lowest BCUT2D eigenvalue weighted by atomic mass is 9.86. The molecule has 0 aliphatic rings. The summed E-state index contributed by atoms with van der Waals surface area (Å²) in [5, 5.41) is 20.1. The molecule has 0 N–H and O–H groups in total. The maximum Gasteiger partial charge on any atom is 0.0784 e. The molecule has 0 bridgehead atoms. The van der Waals surface area contributed by atoms with E-state index in [1.54, 1.807) is 0 Å². The molecule has 0 heterocycles. The number of aryl methyl sites for hydroxylation is 1. The molecular weight excluding hydrogens is 1090 g/mol. The molecule has 0 spiro atoms. The minimum Gasteiger partial charge on any atom is -0.0776 e. The van der Waals surface area contributed by atoms with E-state index >= 15 is 0 Å². The zero-order valence-corrected chi connectivity index (χ0v) is 55.8. The van der Waals surface area contributed by atoms with Gasteiger partial charge in [-0.1, -0.05) is 287 Å². The van der Waals surface area contributed by atoms with Crippen LogP contribution in [0.15, 0.2) is 182 Å². The van der Waals surface area contributed by atoms with Crippen molar-refractivity contribution < 1.29 is 0 Å². The average molecular weight is 1180 g/mol. The highest BCUT2D eigenvalue weighted by Gasteiger charge is 2.28. The first-order valence-corrected chi connectivity index (χ1v) is 40.7. The third-order valence-corrected chi connectivity index (χ3v) is 22.9. The fourth-order valence-corrected chi connectivity index (χ4v) is 16.9. The Morgan fingerprint density at radius 1 is 0.264 bits per heavy atom. The fourth-order valence-electron chi connectivity index (χ4n) is 12.1. The van der Waals surface area contributed by atoms with Gasteiger partial charge in [-0.25, -0.2) is 0 Å². The number of hydrogen-bond donors (Lipinski definition) is 0. The van der Waals surface area contributed by atoms with E-state index < -0.39 is 24.2 Å². The van der Waals surface area contributed by atoms with Crippen LogP contribution in [-0.4, -0.2) is 24.2 Å². The zero-order valence-electron chi connectivity index (χ0n) is 52.8. The van der Waals surface area contributed by atoms with Crippen LogP contribution in [0.25, 0.3) is 64.6 Å². The van der Waals surface area contributed by atoms with Crippen molar-refractivity contribution >= 4 is 104 Å². The van der Waals surface area contributed by atoms with Gasteiger partial charge in [0.25, 0.3) is 0 Å². The molecule has 0 atom stereocenters. The Labute approximate surface area is 524 Å². The third-order valence-electron chi connectivity index (χ3n) is 16.8. The molecule has 0 radical (unpaired) electrons. The Hall–Kier alpha value is -8.39. The summed E-state index contributed by atoms with van der Waals surface area (Å²) >= 11 is 0. The number of rotatable bonds is 3. The predicted molar refractivity (Wildman–Crippen MR) is 395 cm³/mol. The van der Waals surface area contributed by atoms with Crippen molar-refractivity contribution in [1.82, 2.24) is 0 Å². The monoisotopic (exact) mass is 1180 g/mol. The van der Waals surface area contributed by atoms with Crippen molar-refractivity contribution in [2.45, 2.75) is 133 Å². The number of benzene rings is 12. The molecule has 0 saturated heterocycles. The van der Waals surface area contributed by atoms with Crippen LogP contribution in [0.3, 0.4) is 0 Å². The average Bonchev–Trinajstić information content (AvgIpc) is 0.832. The van der Waals surface area contributed by atoms with Gasteiger partial charge in [-0.3, -0.25) is 0 Å². The summed E-state index contributed by atoms with van der Waals surface area (Å²) in [5.41, 5.74) is 12.8. The Morgan fingerprint density at radius 2 is 0.506 bits per heavy atom. The van der Waals surface area contributed by atoms with E-state index in [2.05, 4.69) is 300 Å². The molecule has 434 valence electrons. The minimum atomic E-state index is -1.72. The molecule has 0 fully saturated rings. The zero-order chi connectivity index (χ0) is 60.4. The highest BCUT2D eigenvalue weighted by molar-refractivity contribution is 6.92. The molecule has 12 aromatic rings. The normalized spacial score (nSPS) is 11.8. The van der Waals surface area contributed by atoms with Crippen molar-refractivity contribution in [2.75, 3.05) is 0 Å². The smallest absolute Gasteiger partial charge is 0.0776 e. The van der Waals surface area contributed by atoms with E-state index in [1.165, 1.54) is 96.9 Å². The van der Waals surface area contributed by atoms with Crippen LogP contribution in [-0.2, 0) is 10.8 Å². The van der Waals surface area contributed by atoms with Crippen LogP contribution in [0.1, 0.15) is 118 Å². The highest BCUT2D eigenvalue weighted by Crippen LogP contribution is 2.41.